The Morgan fingerprint density at radius 3 is 2.94 bits per heavy atom. The summed E-state index contributed by atoms with van der Waals surface area (Å²) < 4.78 is 1.84. The fourth-order valence-corrected chi connectivity index (χ4v) is 2.06. The number of hydrogen-bond donors (Lipinski definition) is 1. The molecule has 0 saturated carbocycles. The molecule has 0 saturated heterocycles. The summed E-state index contributed by atoms with van der Waals surface area (Å²) in [6, 6.07) is 5.94. The van der Waals surface area contributed by atoms with E-state index in [1.54, 1.807) is 0 Å². The average molecular weight is 252 g/mol. The second-order valence-electron chi connectivity index (χ2n) is 4.01. The molecule has 0 aliphatic heterocycles. The summed E-state index contributed by atoms with van der Waals surface area (Å²) in [5.41, 5.74) is 8.19. The Hall–Kier alpha value is -1.55. The maximum Gasteiger partial charge on any atom is 0.237 e. The minimum atomic E-state index is -0.373. The zero-order chi connectivity index (χ0) is 12.4. The van der Waals surface area contributed by atoms with Gasteiger partial charge < -0.3 is 10.3 Å². The molecular formula is C12H14ClN3O. The molecule has 2 N–H and O–H groups in total. The number of halogens is 1. The molecule has 1 aromatic heterocycles. The van der Waals surface area contributed by atoms with Crippen molar-refractivity contribution in [1.29, 1.82) is 0 Å². The molecule has 0 radical (unpaired) electrons. The molecule has 90 valence electrons. The standard InChI is InChI=1S/C12H14ClN3O/c1-8-2-3-9-10(6-8)16(7-11(14)17)12(15-9)4-5-13/h2-3,6H,4-5,7H2,1H3,(H2,14,17). The molecule has 2 aromatic rings. The van der Waals surface area contributed by atoms with Crippen LogP contribution in [0.2, 0.25) is 0 Å². The third kappa shape index (κ3) is 2.42. The monoisotopic (exact) mass is 251 g/mol. The predicted octanol–water partition coefficient (Wildman–Crippen LogP) is 1.61. The van der Waals surface area contributed by atoms with Crippen LogP contribution < -0.4 is 5.73 Å². The van der Waals surface area contributed by atoms with Crippen LogP contribution in [0.5, 0.6) is 0 Å². The van der Waals surface area contributed by atoms with Crippen LogP contribution in [-0.2, 0) is 17.8 Å². The highest BCUT2D eigenvalue weighted by molar-refractivity contribution is 6.17. The smallest absolute Gasteiger partial charge is 0.237 e. The molecule has 0 spiro atoms. The number of aromatic nitrogens is 2. The van der Waals surface area contributed by atoms with Gasteiger partial charge in [-0.1, -0.05) is 6.07 Å². The Morgan fingerprint density at radius 1 is 1.53 bits per heavy atom. The first-order valence-corrected chi connectivity index (χ1v) is 5.95. The van der Waals surface area contributed by atoms with Crippen LogP contribution in [-0.4, -0.2) is 21.3 Å². The quantitative estimate of drug-likeness (QED) is 0.840. The van der Waals surface area contributed by atoms with Crippen LogP contribution in [0.3, 0.4) is 0 Å². The topological polar surface area (TPSA) is 60.9 Å². The molecule has 0 unspecified atom stereocenters. The van der Waals surface area contributed by atoms with Crippen molar-refractivity contribution in [2.24, 2.45) is 5.73 Å². The summed E-state index contributed by atoms with van der Waals surface area (Å²) in [7, 11) is 0. The zero-order valence-electron chi connectivity index (χ0n) is 9.61. The van der Waals surface area contributed by atoms with Gasteiger partial charge in [0.05, 0.1) is 11.0 Å². The van der Waals surface area contributed by atoms with Crippen LogP contribution in [0.25, 0.3) is 11.0 Å². The van der Waals surface area contributed by atoms with Crippen LogP contribution in [0.4, 0.5) is 0 Å². The molecule has 0 fully saturated rings. The van der Waals surface area contributed by atoms with E-state index >= 15 is 0 Å². The number of carbonyl (C=O) groups is 1. The number of carbonyl (C=O) groups excluding carboxylic acids is 1. The van der Waals surface area contributed by atoms with E-state index in [1.807, 2.05) is 29.7 Å². The first-order chi connectivity index (χ1) is 8.11. The number of hydrogen-bond acceptors (Lipinski definition) is 2. The predicted molar refractivity (Wildman–Crippen MR) is 68.1 cm³/mol. The van der Waals surface area contributed by atoms with Gasteiger partial charge in [-0.15, -0.1) is 11.6 Å². The molecular weight excluding hydrogens is 238 g/mol. The van der Waals surface area contributed by atoms with E-state index in [0.717, 1.165) is 22.4 Å². The van der Waals surface area contributed by atoms with Crippen molar-refractivity contribution in [2.45, 2.75) is 19.9 Å². The van der Waals surface area contributed by atoms with E-state index in [0.29, 0.717) is 12.3 Å². The fourth-order valence-electron chi connectivity index (χ4n) is 1.89. The number of imidazole rings is 1. The Kier molecular flexibility index (Phi) is 3.33. The lowest BCUT2D eigenvalue weighted by Crippen LogP contribution is -2.20. The molecule has 1 amide bonds. The second kappa shape index (κ2) is 4.75. The van der Waals surface area contributed by atoms with E-state index in [4.69, 9.17) is 17.3 Å². The first-order valence-electron chi connectivity index (χ1n) is 5.42. The van der Waals surface area contributed by atoms with Crippen molar-refractivity contribution in [3.05, 3.63) is 29.6 Å². The Labute approximate surface area is 104 Å². The van der Waals surface area contributed by atoms with Crippen LogP contribution in [0.1, 0.15) is 11.4 Å². The van der Waals surface area contributed by atoms with Gasteiger partial charge in [-0.05, 0) is 24.6 Å². The lowest BCUT2D eigenvalue weighted by molar-refractivity contribution is -0.118. The molecule has 0 aliphatic carbocycles. The van der Waals surface area contributed by atoms with Crippen molar-refractivity contribution in [3.63, 3.8) is 0 Å². The van der Waals surface area contributed by atoms with Crippen LogP contribution in [0.15, 0.2) is 18.2 Å². The Bertz CT molecular complexity index is 562. The van der Waals surface area contributed by atoms with Crippen LogP contribution >= 0.6 is 11.6 Å². The molecule has 0 aliphatic rings. The zero-order valence-corrected chi connectivity index (χ0v) is 10.4. The van der Waals surface area contributed by atoms with E-state index < -0.39 is 0 Å². The summed E-state index contributed by atoms with van der Waals surface area (Å²) in [6.07, 6.45) is 0.628. The number of fused-ring (bicyclic) bond motifs is 1. The van der Waals surface area contributed by atoms with Gasteiger partial charge in [-0.25, -0.2) is 4.98 Å². The average Bonchev–Trinajstić information content (AvgIpc) is 2.57. The van der Waals surface area contributed by atoms with Crippen molar-refractivity contribution in [3.8, 4) is 0 Å². The molecule has 2 rings (SSSR count). The largest absolute Gasteiger partial charge is 0.368 e. The molecule has 0 atom stereocenters. The summed E-state index contributed by atoms with van der Waals surface area (Å²) in [5.74, 6) is 0.905. The van der Waals surface area contributed by atoms with Gasteiger partial charge in [0.15, 0.2) is 0 Å². The number of alkyl halides is 1. The summed E-state index contributed by atoms with van der Waals surface area (Å²) >= 11 is 5.73. The minimum Gasteiger partial charge on any atom is -0.368 e. The second-order valence-corrected chi connectivity index (χ2v) is 4.39. The molecule has 0 bridgehead atoms. The summed E-state index contributed by atoms with van der Waals surface area (Å²) in [4.78, 5) is 15.6. The summed E-state index contributed by atoms with van der Waals surface area (Å²) in [5, 5.41) is 0. The number of aryl methyl sites for hydroxylation is 2. The highest BCUT2D eigenvalue weighted by atomic mass is 35.5. The van der Waals surface area contributed by atoms with Crippen molar-refractivity contribution in [1.82, 2.24) is 9.55 Å². The number of primary amides is 1. The van der Waals surface area contributed by atoms with Gasteiger partial charge in [0.1, 0.15) is 12.4 Å². The van der Waals surface area contributed by atoms with Crippen molar-refractivity contribution >= 4 is 28.5 Å². The van der Waals surface area contributed by atoms with Gasteiger partial charge in [0.25, 0.3) is 0 Å². The maximum atomic E-state index is 11.1. The van der Waals surface area contributed by atoms with Gasteiger partial charge >= 0.3 is 0 Å². The maximum absolute atomic E-state index is 11.1. The van der Waals surface area contributed by atoms with E-state index in [-0.39, 0.29) is 12.5 Å². The van der Waals surface area contributed by atoms with Crippen LogP contribution in [0, 0.1) is 6.92 Å². The molecule has 1 aromatic carbocycles. The SMILES string of the molecule is Cc1ccc2nc(CCCl)n(CC(N)=O)c2c1. The lowest BCUT2D eigenvalue weighted by atomic mass is 10.2. The number of rotatable bonds is 4. The van der Waals surface area contributed by atoms with Gasteiger partial charge in [-0.2, -0.15) is 0 Å². The van der Waals surface area contributed by atoms with Gasteiger partial charge in [0, 0.05) is 12.3 Å². The normalized spacial score (nSPS) is 10.9. The van der Waals surface area contributed by atoms with Gasteiger partial charge in [0.2, 0.25) is 5.91 Å². The number of benzene rings is 1. The van der Waals surface area contributed by atoms with E-state index in [1.165, 1.54) is 0 Å². The minimum absolute atomic E-state index is 0.145. The Balaban J connectivity index is 2.59. The molecule has 5 heteroatoms. The number of nitrogens with two attached hydrogens (primary N) is 1. The van der Waals surface area contributed by atoms with Crippen molar-refractivity contribution in [2.75, 3.05) is 5.88 Å². The van der Waals surface area contributed by atoms with E-state index in [9.17, 15) is 4.79 Å². The third-order valence-electron chi connectivity index (χ3n) is 2.61. The highest BCUT2D eigenvalue weighted by Gasteiger charge is 2.11. The first kappa shape index (κ1) is 11.9. The van der Waals surface area contributed by atoms with Gasteiger partial charge in [-0.3, -0.25) is 4.79 Å². The molecule has 17 heavy (non-hydrogen) atoms. The Morgan fingerprint density at radius 2 is 2.29 bits per heavy atom. The molecule has 1 heterocycles. The highest BCUT2D eigenvalue weighted by Crippen LogP contribution is 2.18. The summed E-state index contributed by atoms with van der Waals surface area (Å²) in [6.45, 7) is 2.15. The lowest BCUT2D eigenvalue weighted by Gasteiger charge is -2.05. The third-order valence-corrected chi connectivity index (χ3v) is 2.80. The molecule has 4 nitrogen and oxygen atoms in total. The number of amides is 1. The fraction of sp³-hybridized carbons (Fsp3) is 0.333. The number of nitrogens with zero attached hydrogens (tertiary/aromatic N) is 2. The van der Waals surface area contributed by atoms with Crippen molar-refractivity contribution < 1.29 is 4.79 Å². The van der Waals surface area contributed by atoms with E-state index in [2.05, 4.69) is 4.98 Å².